The molecule has 1 saturated heterocycles. The van der Waals surface area contributed by atoms with Crippen LogP contribution in [0.25, 0.3) is 0 Å². The first kappa shape index (κ1) is 18.8. The molecule has 3 rings (SSSR count). The largest absolute Gasteiger partial charge is 0.383 e. The third-order valence-electron chi connectivity index (χ3n) is 4.88. The maximum absolute atomic E-state index is 14.0. The van der Waals surface area contributed by atoms with Gasteiger partial charge in [0, 0.05) is 13.2 Å². The van der Waals surface area contributed by atoms with Gasteiger partial charge in [0.1, 0.15) is 11.4 Å². The van der Waals surface area contributed by atoms with Crippen LogP contribution in [0, 0.1) is 11.7 Å². The van der Waals surface area contributed by atoms with Gasteiger partial charge < -0.3 is 15.2 Å². The molecule has 138 valence electrons. The second-order valence-electron chi connectivity index (χ2n) is 6.46. The summed E-state index contributed by atoms with van der Waals surface area (Å²) in [5.41, 5.74) is -0.762. The van der Waals surface area contributed by atoms with Gasteiger partial charge in [-0.2, -0.15) is 0 Å². The molecule has 1 heterocycles. The predicted molar refractivity (Wildman–Crippen MR) is 97.6 cm³/mol. The van der Waals surface area contributed by atoms with Gasteiger partial charge in [0.2, 0.25) is 0 Å². The molecule has 1 aliphatic heterocycles. The monoisotopic (exact) mass is 377 g/mol. The van der Waals surface area contributed by atoms with E-state index in [9.17, 15) is 14.3 Å². The number of aliphatic hydroxyl groups is 1. The number of rotatable bonds is 5. The Morgan fingerprint density at radius 1 is 1.19 bits per heavy atom. The number of carbonyl (C=O) groups excluding carboxylic acids is 1. The van der Waals surface area contributed by atoms with Crippen molar-refractivity contribution in [1.82, 2.24) is 5.32 Å². The van der Waals surface area contributed by atoms with Crippen molar-refractivity contribution in [3.05, 3.63) is 70.5 Å². The van der Waals surface area contributed by atoms with Crippen molar-refractivity contribution in [2.24, 2.45) is 5.92 Å². The first-order valence-corrected chi connectivity index (χ1v) is 8.98. The summed E-state index contributed by atoms with van der Waals surface area (Å²) in [7, 11) is 0. The summed E-state index contributed by atoms with van der Waals surface area (Å²) in [4.78, 5) is 12.5. The van der Waals surface area contributed by atoms with E-state index in [1.165, 1.54) is 18.2 Å². The molecule has 26 heavy (non-hydrogen) atoms. The molecule has 0 bridgehead atoms. The fraction of sp³-hybridized carbons (Fsp3) is 0.350. The second-order valence-corrected chi connectivity index (χ2v) is 6.86. The first-order chi connectivity index (χ1) is 12.5. The van der Waals surface area contributed by atoms with Crippen molar-refractivity contribution in [3.8, 4) is 0 Å². The van der Waals surface area contributed by atoms with Gasteiger partial charge in [-0.25, -0.2) is 4.39 Å². The van der Waals surface area contributed by atoms with Crippen LogP contribution in [0.4, 0.5) is 4.39 Å². The number of ether oxygens (including phenoxy) is 1. The molecule has 2 N–H and O–H groups in total. The molecule has 4 nitrogen and oxygen atoms in total. The molecule has 0 aromatic heterocycles. The minimum absolute atomic E-state index is 0.0365. The third-order valence-corrected chi connectivity index (χ3v) is 5.19. The normalized spacial score (nSPS) is 17.5. The lowest BCUT2D eigenvalue weighted by Crippen LogP contribution is -2.47. The number of carbonyl (C=O) groups is 1. The maximum Gasteiger partial charge on any atom is 0.255 e. The summed E-state index contributed by atoms with van der Waals surface area (Å²) in [5, 5.41) is 14.1. The average molecular weight is 378 g/mol. The third kappa shape index (κ3) is 3.90. The van der Waals surface area contributed by atoms with E-state index in [0.29, 0.717) is 31.6 Å². The first-order valence-electron chi connectivity index (χ1n) is 8.60. The van der Waals surface area contributed by atoms with Gasteiger partial charge in [0.15, 0.2) is 0 Å². The highest BCUT2D eigenvalue weighted by Crippen LogP contribution is 2.36. The smallest absolute Gasteiger partial charge is 0.255 e. The fourth-order valence-electron chi connectivity index (χ4n) is 3.40. The van der Waals surface area contributed by atoms with Crippen molar-refractivity contribution in [3.63, 3.8) is 0 Å². The van der Waals surface area contributed by atoms with Crippen LogP contribution in [0.2, 0.25) is 5.02 Å². The predicted octanol–water partition coefficient (Wildman–Crippen LogP) is 3.52. The molecule has 1 fully saturated rings. The Kier molecular flexibility index (Phi) is 5.91. The summed E-state index contributed by atoms with van der Waals surface area (Å²) < 4.78 is 19.4. The van der Waals surface area contributed by atoms with Gasteiger partial charge in [-0.3, -0.25) is 4.79 Å². The average Bonchev–Trinajstić information content (AvgIpc) is 2.67. The second kappa shape index (κ2) is 8.16. The van der Waals surface area contributed by atoms with Gasteiger partial charge in [-0.05, 0) is 36.5 Å². The number of hydrogen-bond donors (Lipinski definition) is 2. The highest BCUT2D eigenvalue weighted by atomic mass is 35.5. The Morgan fingerprint density at radius 3 is 2.54 bits per heavy atom. The molecule has 0 radical (unpaired) electrons. The summed E-state index contributed by atoms with van der Waals surface area (Å²) in [6.07, 6.45) is 1.36. The van der Waals surface area contributed by atoms with Crippen molar-refractivity contribution in [2.45, 2.75) is 18.4 Å². The van der Waals surface area contributed by atoms with Crippen LogP contribution in [-0.2, 0) is 10.3 Å². The van der Waals surface area contributed by atoms with Gasteiger partial charge >= 0.3 is 0 Å². The van der Waals surface area contributed by atoms with Crippen LogP contribution in [0.1, 0.15) is 28.8 Å². The quantitative estimate of drug-likeness (QED) is 0.838. The van der Waals surface area contributed by atoms with Crippen LogP contribution >= 0.6 is 11.6 Å². The standard InChI is InChI=1S/C20H21ClFNO3/c21-16-7-4-8-17(22)18(16)19(24)23-13-20(25,14-5-2-1-3-6-14)15-9-11-26-12-10-15/h1-8,15,25H,9-13H2,(H,23,24)/t20-/m1/s1. The highest BCUT2D eigenvalue weighted by molar-refractivity contribution is 6.33. The molecule has 1 aliphatic rings. The van der Waals surface area contributed by atoms with Gasteiger partial charge in [-0.15, -0.1) is 0 Å². The lowest BCUT2D eigenvalue weighted by molar-refractivity contribution is -0.0680. The SMILES string of the molecule is O=C(NC[C@@](O)(c1ccccc1)C1CCOCC1)c1c(F)cccc1Cl. The molecule has 2 aromatic carbocycles. The van der Waals surface area contributed by atoms with E-state index in [0.717, 1.165) is 0 Å². The zero-order chi connectivity index (χ0) is 18.6. The number of amides is 1. The zero-order valence-corrected chi connectivity index (χ0v) is 15.0. The zero-order valence-electron chi connectivity index (χ0n) is 14.3. The van der Waals surface area contributed by atoms with E-state index in [1.54, 1.807) is 0 Å². The lowest BCUT2D eigenvalue weighted by Gasteiger charge is -2.39. The molecule has 6 heteroatoms. The van der Waals surface area contributed by atoms with Crippen molar-refractivity contribution < 1.29 is 19.0 Å². The topological polar surface area (TPSA) is 58.6 Å². The van der Waals surface area contributed by atoms with E-state index in [4.69, 9.17) is 16.3 Å². The minimum Gasteiger partial charge on any atom is -0.383 e. The number of halogens is 2. The van der Waals surface area contributed by atoms with Gasteiger partial charge in [0.05, 0.1) is 17.1 Å². The van der Waals surface area contributed by atoms with Crippen molar-refractivity contribution >= 4 is 17.5 Å². The molecule has 0 spiro atoms. The van der Waals surface area contributed by atoms with Crippen LogP contribution in [-0.4, -0.2) is 30.8 Å². The number of nitrogens with one attached hydrogen (secondary N) is 1. The molecule has 1 atom stereocenters. The maximum atomic E-state index is 14.0. The molecule has 2 aromatic rings. The Labute approximate surface area is 156 Å². The lowest BCUT2D eigenvalue weighted by atomic mass is 9.77. The molecule has 1 amide bonds. The van der Waals surface area contributed by atoms with Gasteiger partial charge in [-0.1, -0.05) is 48.0 Å². The van der Waals surface area contributed by atoms with Crippen molar-refractivity contribution in [2.75, 3.05) is 19.8 Å². The molecular formula is C20H21ClFNO3. The molecular weight excluding hydrogens is 357 g/mol. The highest BCUT2D eigenvalue weighted by Gasteiger charge is 2.39. The Balaban J connectivity index is 1.83. The summed E-state index contributed by atoms with van der Waals surface area (Å²) >= 11 is 5.96. The Hall–Kier alpha value is -1.95. The number of benzene rings is 2. The fourth-order valence-corrected chi connectivity index (χ4v) is 3.65. The molecule has 0 unspecified atom stereocenters. The molecule has 0 aliphatic carbocycles. The van der Waals surface area contributed by atoms with E-state index < -0.39 is 17.3 Å². The number of hydrogen-bond acceptors (Lipinski definition) is 3. The van der Waals surface area contributed by atoms with Gasteiger partial charge in [0.25, 0.3) is 5.91 Å². The molecule has 0 saturated carbocycles. The summed E-state index contributed by atoms with van der Waals surface area (Å²) in [6, 6.07) is 13.3. The summed E-state index contributed by atoms with van der Waals surface area (Å²) in [6.45, 7) is 1.09. The minimum atomic E-state index is -1.27. The van der Waals surface area contributed by atoms with Crippen LogP contribution in [0.5, 0.6) is 0 Å². The van der Waals surface area contributed by atoms with Crippen LogP contribution in [0.3, 0.4) is 0 Å². The van der Waals surface area contributed by atoms with Crippen LogP contribution in [0.15, 0.2) is 48.5 Å². The van der Waals surface area contributed by atoms with Crippen LogP contribution < -0.4 is 5.32 Å². The Bertz CT molecular complexity index is 745. The van der Waals surface area contributed by atoms with Crippen molar-refractivity contribution in [1.29, 1.82) is 0 Å². The summed E-state index contributed by atoms with van der Waals surface area (Å²) in [5.74, 6) is -1.41. The Morgan fingerprint density at radius 2 is 1.88 bits per heavy atom. The van der Waals surface area contributed by atoms with E-state index in [2.05, 4.69) is 5.32 Å². The van der Waals surface area contributed by atoms with E-state index in [-0.39, 0.29) is 23.0 Å². The van der Waals surface area contributed by atoms with E-state index in [1.807, 2.05) is 30.3 Å². The van der Waals surface area contributed by atoms with E-state index >= 15 is 0 Å².